The molecule has 140 valence electrons. The van der Waals surface area contributed by atoms with Crippen LogP contribution >= 0.6 is 0 Å². The Morgan fingerprint density at radius 2 is 1.62 bits per heavy atom. The maximum atomic E-state index is 12.7. The minimum absolute atomic E-state index is 0.192. The average molecular weight is 361 g/mol. The number of nitrogens with one attached hydrogen (secondary N) is 1. The van der Waals surface area contributed by atoms with Gasteiger partial charge in [-0.2, -0.15) is 0 Å². The first-order valence-electron chi connectivity index (χ1n) is 8.16. The Morgan fingerprint density at radius 3 is 2.08 bits per heavy atom. The van der Waals surface area contributed by atoms with Gasteiger partial charge in [0.25, 0.3) is 0 Å². The number of ketones is 1. The molecule has 2 heterocycles. The van der Waals surface area contributed by atoms with E-state index in [0.29, 0.717) is 28.1 Å². The molecule has 0 amide bonds. The van der Waals surface area contributed by atoms with Crippen LogP contribution in [0.3, 0.4) is 0 Å². The number of allylic oxidation sites excluding steroid dienone is 3. The molecule has 8 heteroatoms. The van der Waals surface area contributed by atoms with Crippen molar-refractivity contribution in [2.24, 2.45) is 0 Å². The number of Topliss-reactive ketones (excluding diaryl/α,β-unsaturated/α-hetero) is 1. The van der Waals surface area contributed by atoms with Crippen molar-refractivity contribution in [3.63, 3.8) is 0 Å². The first kappa shape index (κ1) is 19.4. The predicted octanol–water partition coefficient (Wildman–Crippen LogP) is 1.88. The number of rotatable bonds is 6. The van der Waals surface area contributed by atoms with E-state index in [1.165, 1.54) is 27.5 Å². The van der Waals surface area contributed by atoms with Crippen LogP contribution in [0.1, 0.15) is 39.2 Å². The number of dihydropyridines is 1. The molecule has 0 aromatic carbocycles. The zero-order chi connectivity index (χ0) is 19.4. The Kier molecular flexibility index (Phi) is 5.97. The lowest BCUT2D eigenvalue weighted by atomic mass is 9.79. The second-order valence-electron chi connectivity index (χ2n) is 5.72. The largest absolute Gasteiger partial charge is 0.481 e. The van der Waals surface area contributed by atoms with E-state index in [9.17, 15) is 9.59 Å². The Labute approximate surface area is 152 Å². The highest BCUT2D eigenvalue weighted by Gasteiger charge is 2.40. The number of hydrogen-bond acceptors (Lipinski definition) is 8. The summed E-state index contributed by atoms with van der Waals surface area (Å²) in [5.74, 6) is -1.03. The zero-order valence-corrected chi connectivity index (χ0v) is 15.8. The monoisotopic (exact) mass is 361 g/mol. The zero-order valence-electron chi connectivity index (χ0n) is 15.8. The van der Waals surface area contributed by atoms with Gasteiger partial charge in [-0.3, -0.25) is 4.79 Å². The Morgan fingerprint density at radius 1 is 1.08 bits per heavy atom. The van der Waals surface area contributed by atoms with Crippen LogP contribution in [0.15, 0.2) is 28.9 Å². The number of nitrogens with zero attached hydrogens (tertiary/aromatic N) is 2. The average Bonchev–Trinajstić information content (AvgIpc) is 2.59. The summed E-state index contributed by atoms with van der Waals surface area (Å²) in [5, 5.41) is 3.09. The van der Waals surface area contributed by atoms with Crippen molar-refractivity contribution < 1.29 is 23.8 Å². The van der Waals surface area contributed by atoms with Crippen LogP contribution in [-0.2, 0) is 14.3 Å². The molecule has 1 N–H and O–H groups in total. The van der Waals surface area contributed by atoms with E-state index in [1.807, 2.05) is 0 Å². The number of hydrogen-bond donors (Lipinski definition) is 1. The quantitative estimate of drug-likeness (QED) is 0.767. The summed E-state index contributed by atoms with van der Waals surface area (Å²) in [5.41, 5.74) is 2.34. The Balaban J connectivity index is 2.82. The Bertz CT molecular complexity index is 776. The van der Waals surface area contributed by atoms with Gasteiger partial charge in [-0.15, -0.1) is 0 Å². The lowest BCUT2D eigenvalue weighted by molar-refractivity contribution is -0.138. The van der Waals surface area contributed by atoms with Crippen molar-refractivity contribution in [1.82, 2.24) is 15.3 Å². The minimum Gasteiger partial charge on any atom is -0.481 e. The first-order chi connectivity index (χ1) is 12.4. The van der Waals surface area contributed by atoms with Crippen LogP contribution in [0.25, 0.3) is 0 Å². The topological polar surface area (TPSA) is 99.6 Å². The highest BCUT2D eigenvalue weighted by Crippen LogP contribution is 2.45. The highest BCUT2D eigenvalue weighted by molar-refractivity contribution is 6.02. The summed E-state index contributed by atoms with van der Waals surface area (Å²) in [6.07, 6.45) is 1.30. The van der Waals surface area contributed by atoms with Gasteiger partial charge in [0.05, 0.1) is 37.9 Å². The summed E-state index contributed by atoms with van der Waals surface area (Å²) in [7, 11) is 2.91. The number of carbonyl (C=O) groups is 2. The smallest absolute Gasteiger partial charge is 0.336 e. The number of ether oxygens (including phenoxy) is 3. The SMILES string of the molecule is CCOC(=O)C1=C(C)NC(C)=C(C(C)=O)C1c1c(OC)ncnc1OC. The number of methoxy groups -OCH3 is 2. The molecule has 1 aromatic heterocycles. The molecule has 1 aliphatic heterocycles. The van der Waals surface area contributed by atoms with Crippen molar-refractivity contribution in [2.75, 3.05) is 20.8 Å². The van der Waals surface area contributed by atoms with E-state index in [0.717, 1.165) is 0 Å². The Hall–Kier alpha value is -2.90. The fourth-order valence-electron chi connectivity index (χ4n) is 3.17. The summed E-state index contributed by atoms with van der Waals surface area (Å²) in [4.78, 5) is 33.4. The molecule has 0 saturated carbocycles. The lowest BCUT2D eigenvalue weighted by Gasteiger charge is -2.31. The van der Waals surface area contributed by atoms with Gasteiger partial charge in [-0.25, -0.2) is 14.8 Å². The molecule has 1 aromatic rings. The molecule has 26 heavy (non-hydrogen) atoms. The van der Waals surface area contributed by atoms with Crippen LogP contribution < -0.4 is 14.8 Å². The molecule has 0 radical (unpaired) electrons. The van der Waals surface area contributed by atoms with Crippen molar-refractivity contribution >= 4 is 11.8 Å². The van der Waals surface area contributed by atoms with E-state index in [1.54, 1.807) is 20.8 Å². The van der Waals surface area contributed by atoms with Crippen molar-refractivity contribution in [2.45, 2.75) is 33.6 Å². The minimum atomic E-state index is -0.765. The summed E-state index contributed by atoms with van der Waals surface area (Å²) < 4.78 is 16.0. The van der Waals surface area contributed by atoms with Gasteiger partial charge < -0.3 is 19.5 Å². The third kappa shape index (κ3) is 3.40. The maximum absolute atomic E-state index is 12.7. The third-order valence-electron chi connectivity index (χ3n) is 4.12. The summed E-state index contributed by atoms with van der Waals surface area (Å²) in [6.45, 7) is 6.90. The standard InChI is InChI=1S/C18H23N3O5/c1-7-26-18(23)13-10(3)21-9(2)12(11(4)22)14(13)15-16(24-5)19-8-20-17(15)25-6/h8,14,21H,7H2,1-6H3. The number of aromatic nitrogens is 2. The molecule has 8 nitrogen and oxygen atoms in total. The van der Waals surface area contributed by atoms with E-state index >= 15 is 0 Å². The number of carbonyl (C=O) groups excluding carboxylic acids is 2. The second kappa shape index (κ2) is 7.99. The maximum Gasteiger partial charge on any atom is 0.336 e. The van der Waals surface area contributed by atoms with Crippen LogP contribution in [0, 0.1) is 0 Å². The van der Waals surface area contributed by atoms with Gasteiger partial charge in [-0.05, 0) is 27.7 Å². The lowest BCUT2D eigenvalue weighted by Crippen LogP contribution is -2.32. The van der Waals surface area contributed by atoms with E-state index in [4.69, 9.17) is 14.2 Å². The predicted molar refractivity (Wildman–Crippen MR) is 93.7 cm³/mol. The van der Waals surface area contributed by atoms with Gasteiger partial charge in [0, 0.05) is 17.0 Å². The molecule has 1 aliphatic rings. The molecule has 1 unspecified atom stereocenters. The fourth-order valence-corrected chi connectivity index (χ4v) is 3.17. The van der Waals surface area contributed by atoms with Gasteiger partial charge in [-0.1, -0.05) is 0 Å². The summed E-state index contributed by atoms with van der Waals surface area (Å²) >= 11 is 0. The van der Waals surface area contributed by atoms with E-state index in [2.05, 4.69) is 15.3 Å². The van der Waals surface area contributed by atoms with Crippen LogP contribution in [0.5, 0.6) is 11.8 Å². The van der Waals surface area contributed by atoms with Crippen LogP contribution in [-0.4, -0.2) is 42.5 Å². The molecule has 0 bridgehead atoms. The normalized spacial score (nSPS) is 16.9. The second-order valence-corrected chi connectivity index (χ2v) is 5.72. The molecule has 2 rings (SSSR count). The van der Waals surface area contributed by atoms with Gasteiger partial charge >= 0.3 is 5.97 Å². The summed E-state index contributed by atoms with van der Waals surface area (Å²) in [6, 6.07) is 0. The third-order valence-corrected chi connectivity index (χ3v) is 4.12. The molecular weight excluding hydrogens is 338 g/mol. The van der Waals surface area contributed by atoms with Gasteiger partial charge in [0.1, 0.15) is 6.33 Å². The van der Waals surface area contributed by atoms with Crippen LogP contribution in [0.2, 0.25) is 0 Å². The molecule has 0 spiro atoms. The number of esters is 1. The molecule has 0 saturated heterocycles. The molecule has 0 aliphatic carbocycles. The highest BCUT2D eigenvalue weighted by atomic mass is 16.5. The van der Waals surface area contributed by atoms with Crippen molar-refractivity contribution in [1.29, 1.82) is 0 Å². The molecule has 0 fully saturated rings. The van der Waals surface area contributed by atoms with Crippen LogP contribution in [0.4, 0.5) is 0 Å². The molecule has 1 atom stereocenters. The first-order valence-corrected chi connectivity index (χ1v) is 8.16. The van der Waals surface area contributed by atoms with Crippen molar-refractivity contribution in [3.05, 3.63) is 34.4 Å². The van der Waals surface area contributed by atoms with Gasteiger partial charge in [0.15, 0.2) is 5.78 Å². The van der Waals surface area contributed by atoms with E-state index in [-0.39, 0.29) is 24.2 Å². The van der Waals surface area contributed by atoms with E-state index < -0.39 is 11.9 Å². The van der Waals surface area contributed by atoms with Crippen molar-refractivity contribution in [3.8, 4) is 11.8 Å². The molecular formula is C18H23N3O5. The fraction of sp³-hybridized carbons (Fsp3) is 0.444. The van der Waals surface area contributed by atoms with Gasteiger partial charge in [0.2, 0.25) is 11.8 Å².